The lowest BCUT2D eigenvalue weighted by atomic mass is 9.94. The van der Waals surface area contributed by atoms with Gasteiger partial charge >= 0.3 is 0 Å². The van der Waals surface area contributed by atoms with Gasteiger partial charge in [0, 0.05) is 38.6 Å². The smallest absolute Gasteiger partial charge is 0.213 e. The van der Waals surface area contributed by atoms with Gasteiger partial charge in [0.15, 0.2) is 5.96 Å². The number of rotatable bonds is 6. The largest absolute Gasteiger partial charge is 0.443 e. The molecule has 0 radical (unpaired) electrons. The first-order valence-electron chi connectivity index (χ1n) is 9.55. The first-order chi connectivity index (χ1) is 12.3. The van der Waals surface area contributed by atoms with Crippen LogP contribution >= 0.6 is 24.0 Å². The zero-order valence-electron chi connectivity index (χ0n) is 17.5. The Hall–Kier alpha value is -0.870. The van der Waals surface area contributed by atoms with E-state index < -0.39 is 0 Å². The molecule has 27 heavy (non-hydrogen) atoms. The van der Waals surface area contributed by atoms with Gasteiger partial charge in [0.05, 0.1) is 24.9 Å². The highest BCUT2D eigenvalue weighted by Gasteiger charge is 2.21. The molecule has 0 saturated carbocycles. The van der Waals surface area contributed by atoms with E-state index in [0.717, 1.165) is 44.3 Å². The molecule has 2 N–H and O–H groups in total. The number of hydrogen-bond donors (Lipinski definition) is 2. The van der Waals surface area contributed by atoms with E-state index in [0.29, 0.717) is 24.6 Å². The summed E-state index contributed by atoms with van der Waals surface area (Å²) in [5.41, 5.74) is -0.0281. The Balaban J connectivity index is 0.00000364. The van der Waals surface area contributed by atoms with Crippen LogP contribution in [0.2, 0.25) is 0 Å². The lowest BCUT2D eigenvalue weighted by Gasteiger charge is -2.35. The summed E-state index contributed by atoms with van der Waals surface area (Å²) in [6.45, 7) is 15.1. The van der Waals surface area contributed by atoms with Crippen molar-refractivity contribution >= 4 is 29.9 Å². The molecule has 1 aliphatic heterocycles. The molecule has 0 spiro atoms. The summed E-state index contributed by atoms with van der Waals surface area (Å²) in [5, 5.41) is 6.60. The number of guanidine groups is 1. The van der Waals surface area contributed by atoms with Gasteiger partial charge in [-0.15, -0.1) is 24.0 Å². The first-order valence-corrected chi connectivity index (χ1v) is 9.55. The van der Waals surface area contributed by atoms with Gasteiger partial charge in [-0.3, -0.25) is 9.89 Å². The van der Waals surface area contributed by atoms with Crippen LogP contribution in [0.3, 0.4) is 0 Å². The van der Waals surface area contributed by atoms with Crippen molar-refractivity contribution in [3.63, 3.8) is 0 Å². The number of halogens is 1. The Labute approximate surface area is 180 Å². The van der Waals surface area contributed by atoms with Crippen LogP contribution in [0.1, 0.15) is 52.7 Å². The number of oxazole rings is 1. The van der Waals surface area contributed by atoms with Crippen LogP contribution in [-0.2, 0) is 16.7 Å². The molecule has 1 saturated heterocycles. The highest BCUT2D eigenvalue weighted by atomic mass is 127. The fourth-order valence-electron chi connectivity index (χ4n) is 3.10. The zero-order chi connectivity index (χ0) is 19.2. The summed E-state index contributed by atoms with van der Waals surface area (Å²) in [5.74, 6) is 2.34. The van der Waals surface area contributed by atoms with Gasteiger partial charge in [0.1, 0.15) is 5.76 Å². The van der Waals surface area contributed by atoms with E-state index in [-0.39, 0.29) is 29.4 Å². The van der Waals surface area contributed by atoms with Crippen LogP contribution in [0, 0.1) is 0 Å². The molecular weight excluding hydrogens is 457 g/mol. The molecule has 1 aliphatic rings. The summed E-state index contributed by atoms with van der Waals surface area (Å²) in [6, 6.07) is 0. The van der Waals surface area contributed by atoms with Crippen LogP contribution in [0.5, 0.6) is 0 Å². The van der Waals surface area contributed by atoms with Gasteiger partial charge in [0.2, 0.25) is 5.89 Å². The number of aliphatic imine (C=N–C) groups is 1. The van der Waals surface area contributed by atoms with Crippen molar-refractivity contribution in [1.29, 1.82) is 0 Å². The van der Waals surface area contributed by atoms with Crippen molar-refractivity contribution in [3.8, 4) is 0 Å². The topological polar surface area (TPSA) is 74.9 Å². The Morgan fingerprint density at radius 3 is 2.48 bits per heavy atom. The normalized spacial score (nSPS) is 21.6. The molecule has 0 aliphatic carbocycles. The minimum Gasteiger partial charge on any atom is -0.443 e. The lowest BCUT2D eigenvalue weighted by molar-refractivity contribution is -0.0679. The first kappa shape index (κ1) is 24.2. The number of nitrogens with one attached hydrogen (secondary N) is 2. The third-order valence-corrected chi connectivity index (χ3v) is 4.36. The van der Waals surface area contributed by atoms with Crippen molar-refractivity contribution in [2.75, 3.05) is 33.2 Å². The summed E-state index contributed by atoms with van der Waals surface area (Å²) >= 11 is 0. The highest BCUT2D eigenvalue weighted by molar-refractivity contribution is 14.0. The van der Waals surface area contributed by atoms with E-state index in [1.807, 2.05) is 0 Å². The second-order valence-corrected chi connectivity index (χ2v) is 8.09. The summed E-state index contributed by atoms with van der Waals surface area (Å²) in [6.07, 6.45) is 3.50. The van der Waals surface area contributed by atoms with E-state index >= 15 is 0 Å². The van der Waals surface area contributed by atoms with E-state index in [4.69, 9.17) is 9.15 Å². The average molecular weight is 493 g/mol. The van der Waals surface area contributed by atoms with Gasteiger partial charge in [-0.2, -0.15) is 0 Å². The standard InChI is InChI=1S/C19H35N5O2.HI/c1-14-12-24(13-15(2)25-14)9-7-8-21-18(20-6)23-11-17-22-10-16(26-17)19(3,4)5;/h10,14-15H,7-9,11-13H2,1-6H3,(H2,20,21,23);1H. The molecule has 2 heterocycles. The minimum absolute atomic E-state index is 0. The quantitative estimate of drug-likeness (QED) is 0.275. The minimum atomic E-state index is -0.0281. The third kappa shape index (κ3) is 8.35. The number of nitrogens with zero attached hydrogens (tertiary/aromatic N) is 3. The molecule has 2 unspecified atom stereocenters. The molecule has 2 atom stereocenters. The zero-order valence-corrected chi connectivity index (χ0v) is 19.9. The molecular formula is C19H36IN5O2. The van der Waals surface area contributed by atoms with Gasteiger partial charge in [-0.1, -0.05) is 20.8 Å². The molecule has 1 aromatic heterocycles. The van der Waals surface area contributed by atoms with Crippen LogP contribution in [0.4, 0.5) is 0 Å². The second kappa shape index (κ2) is 11.2. The van der Waals surface area contributed by atoms with Crippen molar-refractivity contribution in [3.05, 3.63) is 17.8 Å². The maximum absolute atomic E-state index is 5.79. The predicted octanol–water partition coefficient (Wildman–Crippen LogP) is 2.75. The second-order valence-electron chi connectivity index (χ2n) is 8.09. The molecule has 1 aromatic rings. The van der Waals surface area contributed by atoms with Gasteiger partial charge in [-0.05, 0) is 20.3 Å². The predicted molar refractivity (Wildman–Crippen MR) is 120 cm³/mol. The Morgan fingerprint density at radius 1 is 1.26 bits per heavy atom. The van der Waals surface area contributed by atoms with Crippen LogP contribution in [-0.4, -0.2) is 61.3 Å². The number of aromatic nitrogens is 1. The highest BCUT2D eigenvalue weighted by Crippen LogP contribution is 2.22. The molecule has 7 nitrogen and oxygen atoms in total. The molecule has 0 amide bonds. The third-order valence-electron chi connectivity index (χ3n) is 4.36. The van der Waals surface area contributed by atoms with Crippen molar-refractivity contribution in [2.24, 2.45) is 4.99 Å². The maximum Gasteiger partial charge on any atom is 0.213 e. The summed E-state index contributed by atoms with van der Waals surface area (Å²) in [4.78, 5) is 11.1. The maximum atomic E-state index is 5.79. The summed E-state index contributed by atoms with van der Waals surface area (Å²) in [7, 11) is 1.77. The molecule has 0 aromatic carbocycles. The Bertz CT molecular complexity index is 575. The number of ether oxygens (including phenoxy) is 1. The molecule has 8 heteroatoms. The van der Waals surface area contributed by atoms with E-state index in [2.05, 4.69) is 60.1 Å². The van der Waals surface area contributed by atoms with Gasteiger partial charge < -0.3 is 19.8 Å². The fourth-order valence-corrected chi connectivity index (χ4v) is 3.10. The van der Waals surface area contributed by atoms with Crippen LogP contribution in [0.25, 0.3) is 0 Å². The summed E-state index contributed by atoms with van der Waals surface area (Å²) < 4.78 is 11.6. The van der Waals surface area contributed by atoms with Crippen molar-refractivity contribution < 1.29 is 9.15 Å². The monoisotopic (exact) mass is 493 g/mol. The molecule has 1 fully saturated rings. The number of morpholine rings is 1. The van der Waals surface area contributed by atoms with Crippen molar-refractivity contribution in [1.82, 2.24) is 20.5 Å². The average Bonchev–Trinajstić information content (AvgIpc) is 3.02. The molecule has 0 bridgehead atoms. The van der Waals surface area contributed by atoms with Crippen molar-refractivity contribution in [2.45, 2.75) is 65.2 Å². The van der Waals surface area contributed by atoms with E-state index in [9.17, 15) is 0 Å². The molecule has 156 valence electrons. The van der Waals surface area contributed by atoms with Crippen LogP contribution < -0.4 is 10.6 Å². The van der Waals surface area contributed by atoms with E-state index in [1.165, 1.54) is 0 Å². The fraction of sp³-hybridized carbons (Fsp3) is 0.789. The SMILES string of the molecule is CN=C(NCCCN1CC(C)OC(C)C1)NCc1ncc(C(C)(C)C)o1.I. The Kier molecular flexibility index (Phi) is 10.0. The molecule has 2 rings (SSSR count). The Morgan fingerprint density at radius 2 is 1.93 bits per heavy atom. The number of hydrogen-bond acceptors (Lipinski definition) is 5. The van der Waals surface area contributed by atoms with Gasteiger partial charge in [0.25, 0.3) is 0 Å². The van der Waals surface area contributed by atoms with Crippen LogP contribution in [0.15, 0.2) is 15.6 Å². The lowest BCUT2D eigenvalue weighted by Crippen LogP contribution is -2.46. The van der Waals surface area contributed by atoms with Gasteiger partial charge in [-0.25, -0.2) is 4.98 Å². The van der Waals surface area contributed by atoms with E-state index in [1.54, 1.807) is 13.2 Å².